The van der Waals surface area contributed by atoms with Crippen molar-refractivity contribution < 1.29 is 19.1 Å². The van der Waals surface area contributed by atoms with Gasteiger partial charge in [0.05, 0.1) is 5.56 Å². The third kappa shape index (κ3) is 2.71. The van der Waals surface area contributed by atoms with Crippen LogP contribution in [-0.2, 0) is 13.0 Å². The molecule has 0 aliphatic rings. The van der Waals surface area contributed by atoms with Gasteiger partial charge in [-0.05, 0) is 24.1 Å². The zero-order valence-corrected chi connectivity index (χ0v) is 10.1. The molecule has 0 saturated heterocycles. The number of para-hydroxylation sites is 1. The Balaban J connectivity index is 2.04. The van der Waals surface area contributed by atoms with Crippen molar-refractivity contribution in [3.63, 3.8) is 0 Å². The Bertz CT molecular complexity index is 542. The average Bonchev–Trinajstić information content (AvgIpc) is 2.85. The van der Waals surface area contributed by atoms with Crippen LogP contribution in [0.2, 0.25) is 0 Å². The first-order chi connectivity index (χ1) is 8.70. The number of rotatable bonds is 5. The summed E-state index contributed by atoms with van der Waals surface area (Å²) in [6.45, 7) is 2.28. The maximum Gasteiger partial charge on any atom is 0.338 e. The highest BCUT2D eigenvalue weighted by molar-refractivity contribution is 5.87. The summed E-state index contributed by atoms with van der Waals surface area (Å²) in [5, 5.41) is 8.76. The molecule has 1 heterocycles. The van der Waals surface area contributed by atoms with Gasteiger partial charge in [0, 0.05) is 0 Å². The number of aryl methyl sites for hydroxylation is 1. The highest BCUT2D eigenvalue weighted by Gasteiger charge is 2.09. The number of carbonyl (C=O) groups is 1. The average molecular weight is 246 g/mol. The number of benzene rings is 1. The molecule has 0 amide bonds. The Morgan fingerprint density at radius 3 is 2.83 bits per heavy atom. The summed E-state index contributed by atoms with van der Waals surface area (Å²) < 4.78 is 10.7. The summed E-state index contributed by atoms with van der Waals surface area (Å²) >= 11 is 0. The quantitative estimate of drug-likeness (QED) is 0.880. The summed E-state index contributed by atoms with van der Waals surface area (Å²) in [5.74, 6) is 0.297. The van der Waals surface area contributed by atoms with Crippen LogP contribution < -0.4 is 4.74 Å². The van der Waals surface area contributed by atoms with E-state index >= 15 is 0 Å². The van der Waals surface area contributed by atoms with E-state index in [1.807, 2.05) is 24.3 Å². The SMILES string of the molecule is CCc1ccccc1OCc1cc(C(=O)O)co1. The predicted molar refractivity (Wildman–Crippen MR) is 65.8 cm³/mol. The van der Waals surface area contributed by atoms with Crippen molar-refractivity contribution in [3.8, 4) is 5.75 Å². The van der Waals surface area contributed by atoms with Crippen LogP contribution >= 0.6 is 0 Å². The van der Waals surface area contributed by atoms with Gasteiger partial charge in [0.15, 0.2) is 0 Å². The van der Waals surface area contributed by atoms with Crippen LogP contribution in [0.15, 0.2) is 41.0 Å². The third-order valence-electron chi connectivity index (χ3n) is 2.62. The van der Waals surface area contributed by atoms with Gasteiger partial charge >= 0.3 is 5.97 Å². The number of hydrogen-bond acceptors (Lipinski definition) is 3. The second-order valence-electron chi connectivity index (χ2n) is 3.86. The summed E-state index contributed by atoms with van der Waals surface area (Å²) in [4.78, 5) is 10.7. The molecule has 0 saturated carbocycles. The Morgan fingerprint density at radius 2 is 2.17 bits per heavy atom. The Morgan fingerprint density at radius 1 is 1.39 bits per heavy atom. The van der Waals surface area contributed by atoms with Crippen molar-refractivity contribution in [2.75, 3.05) is 0 Å². The molecule has 4 heteroatoms. The molecule has 2 aromatic rings. The van der Waals surface area contributed by atoms with Crippen molar-refractivity contribution in [2.45, 2.75) is 20.0 Å². The molecule has 1 aromatic heterocycles. The highest BCUT2D eigenvalue weighted by Crippen LogP contribution is 2.20. The lowest BCUT2D eigenvalue weighted by Gasteiger charge is -2.08. The van der Waals surface area contributed by atoms with Gasteiger partial charge in [-0.3, -0.25) is 0 Å². The number of hydrogen-bond donors (Lipinski definition) is 1. The van der Waals surface area contributed by atoms with Crippen molar-refractivity contribution in [3.05, 3.63) is 53.5 Å². The monoisotopic (exact) mass is 246 g/mol. The lowest BCUT2D eigenvalue weighted by atomic mass is 10.1. The molecular formula is C14H14O4. The number of carboxylic acids is 1. The fourth-order valence-corrected chi connectivity index (χ4v) is 1.65. The van der Waals surface area contributed by atoms with Crippen LogP contribution in [0.25, 0.3) is 0 Å². The van der Waals surface area contributed by atoms with Gasteiger partial charge in [0.1, 0.15) is 24.4 Å². The van der Waals surface area contributed by atoms with E-state index in [0.717, 1.165) is 17.7 Å². The second kappa shape index (κ2) is 5.40. The molecule has 1 N–H and O–H groups in total. The van der Waals surface area contributed by atoms with Crippen molar-refractivity contribution >= 4 is 5.97 Å². The molecule has 0 atom stereocenters. The van der Waals surface area contributed by atoms with E-state index in [4.69, 9.17) is 14.3 Å². The molecular weight excluding hydrogens is 232 g/mol. The molecule has 4 nitrogen and oxygen atoms in total. The topological polar surface area (TPSA) is 59.7 Å². The standard InChI is InChI=1S/C14H14O4/c1-2-10-5-3-4-6-13(10)18-9-12-7-11(8-17-12)14(15)16/h3-8H,2,9H2,1H3,(H,15,16). The normalized spacial score (nSPS) is 10.3. The fourth-order valence-electron chi connectivity index (χ4n) is 1.65. The van der Waals surface area contributed by atoms with Gasteiger partial charge in [-0.15, -0.1) is 0 Å². The molecule has 18 heavy (non-hydrogen) atoms. The Hall–Kier alpha value is -2.23. The predicted octanol–water partition coefficient (Wildman–Crippen LogP) is 3.12. The van der Waals surface area contributed by atoms with E-state index in [0.29, 0.717) is 5.76 Å². The molecule has 0 unspecified atom stereocenters. The molecule has 0 aliphatic carbocycles. The van der Waals surface area contributed by atoms with E-state index < -0.39 is 5.97 Å². The highest BCUT2D eigenvalue weighted by atomic mass is 16.5. The second-order valence-corrected chi connectivity index (χ2v) is 3.86. The molecule has 0 aliphatic heterocycles. The fraction of sp³-hybridized carbons (Fsp3) is 0.214. The van der Waals surface area contributed by atoms with E-state index in [9.17, 15) is 4.79 Å². The van der Waals surface area contributed by atoms with Crippen molar-refractivity contribution in [1.29, 1.82) is 0 Å². The summed E-state index contributed by atoms with van der Waals surface area (Å²) in [6.07, 6.45) is 2.10. The lowest BCUT2D eigenvalue weighted by Crippen LogP contribution is -1.97. The van der Waals surface area contributed by atoms with Crippen LogP contribution in [0.1, 0.15) is 28.6 Å². The first-order valence-corrected chi connectivity index (χ1v) is 5.72. The van der Waals surface area contributed by atoms with Crippen LogP contribution in [0, 0.1) is 0 Å². The van der Waals surface area contributed by atoms with Gasteiger partial charge in [-0.1, -0.05) is 25.1 Å². The number of carboxylic acid groups (broad SMARTS) is 1. The molecule has 0 radical (unpaired) electrons. The van der Waals surface area contributed by atoms with Crippen molar-refractivity contribution in [2.24, 2.45) is 0 Å². The molecule has 94 valence electrons. The first kappa shape index (κ1) is 12.2. The maximum atomic E-state index is 10.7. The van der Waals surface area contributed by atoms with E-state index in [2.05, 4.69) is 6.92 Å². The van der Waals surface area contributed by atoms with E-state index in [-0.39, 0.29) is 12.2 Å². The maximum absolute atomic E-state index is 10.7. The minimum atomic E-state index is -1.00. The van der Waals surface area contributed by atoms with Gasteiger partial charge in [0.25, 0.3) is 0 Å². The van der Waals surface area contributed by atoms with Gasteiger partial charge in [-0.25, -0.2) is 4.79 Å². The Kier molecular flexibility index (Phi) is 3.67. The molecule has 1 aromatic carbocycles. The minimum Gasteiger partial charge on any atom is -0.485 e. The Labute approximate surface area is 105 Å². The smallest absolute Gasteiger partial charge is 0.338 e. The zero-order chi connectivity index (χ0) is 13.0. The first-order valence-electron chi connectivity index (χ1n) is 5.72. The summed E-state index contributed by atoms with van der Waals surface area (Å²) in [6, 6.07) is 9.22. The molecule has 0 bridgehead atoms. The largest absolute Gasteiger partial charge is 0.485 e. The number of ether oxygens (including phenoxy) is 1. The van der Waals surface area contributed by atoms with Crippen molar-refractivity contribution in [1.82, 2.24) is 0 Å². The zero-order valence-electron chi connectivity index (χ0n) is 10.1. The van der Waals surface area contributed by atoms with Gasteiger partial charge in [-0.2, -0.15) is 0 Å². The molecule has 2 rings (SSSR count). The van der Waals surface area contributed by atoms with Gasteiger partial charge in [0.2, 0.25) is 0 Å². The molecule has 0 spiro atoms. The van der Waals surface area contributed by atoms with Crippen LogP contribution in [0.4, 0.5) is 0 Å². The van der Waals surface area contributed by atoms with Gasteiger partial charge < -0.3 is 14.3 Å². The van der Waals surface area contributed by atoms with Crippen LogP contribution in [0.5, 0.6) is 5.75 Å². The van der Waals surface area contributed by atoms with E-state index in [1.54, 1.807) is 0 Å². The van der Waals surface area contributed by atoms with Crippen LogP contribution in [0.3, 0.4) is 0 Å². The van der Waals surface area contributed by atoms with Crippen LogP contribution in [-0.4, -0.2) is 11.1 Å². The number of aromatic carboxylic acids is 1. The lowest BCUT2D eigenvalue weighted by molar-refractivity contribution is 0.0696. The summed E-state index contributed by atoms with van der Waals surface area (Å²) in [5.41, 5.74) is 1.25. The minimum absolute atomic E-state index is 0.136. The third-order valence-corrected chi connectivity index (χ3v) is 2.62. The van der Waals surface area contributed by atoms with E-state index in [1.165, 1.54) is 12.3 Å². The number of furan rings is 1. The molecule has 0 fully saturated rings. The summed E-state index contributed by atoms with van der Waals surface area (Å²) in [7, 11) is 0.